The first-order chi connectivity index (χ1) is 13.3. The van der Waals surface area contributed by atoms with Crippen molar-refractivity contribution in [3.8, 4) is 0 Å². The summed E-state index contributed by atoms with van der Waals surface area (Å²) in [5, 5.41) is 6.34. The van der Waals surface area contributed by atoms with Gasteiger partial charge in [0.15, 0.2) is 6.61 Å². The molecule has 2 aromatic carbocycles. The topological polar surface area (TPSA) is 84.5 Å². The van der Waals surface area contributed by atoms with Gasteiger partial charge in [-0.2, -0.15) is 0 Å². The molecule has 2 N–H and O–H groups in total. The maximum atomic E-state index is 11.9. The van der Waals surface area contributed by atoms with Crippen molar-refractivity contribution in [2.45, 2.75) is 26.2 Å². The highest BCUT2D eigenvalue weighted by Gasteiger charge is 2.10. The Kier molecular flexibility index (Phi) is 8.29. The smallest absolute Gasteiger partial charge is 0.306 e. The Morgan fingerprint density at radius 1 is 0.929 bits per heavy atom. The molecule has 0 aliphatic rings. The van der Waals surface area contributed by atoms with Gasteiger partial charge in [-0.05, 0) is 49.2 Å². The molecule has 6 nitrogen and oxygen atoms in total. The maximum absolute atomic E-state index is 11.9. The molecule has 28 heavy (non-hydrogen) atoms. The molecule has 2 aromatic rings. The second-order valence-electron chi connectivity index (χ2n) is 6.08. The van der Waals surface area contributed by atoms with Gasteiger partial charge in [0.1, 0.15) is 0 Å². The number of hydrogen-bond acceptors (Lipinski definition) is 4. The molecule has 0 saturated heterocycles. The fourth-order valence-electron chi connectivity index (χ4n) is 2.27. The summed E-state index contributed by atoms with van der Waals surface area (Å²) >= 11 is 11.8. The number of hydrogen-bond donors (Lipinski definition) is 2. The first-order valence-corrected chi connectivity index (χ1v) is 9.36. The zero-order valence-corrected chi connectivity index (χ0v) is 16.8. The predicted octanol–water partition coefficient (Wildman–Crippen LogP) is 4.59. The van der Waals surface area contributed by atoms with E-state index in [9.17, 15) is 14.4 Å². The minimum Gasteiger partial charge on any atom is -0.456 e. The van der Waals surface area contributed by atoms with E-state index in [0.29, 0.717) is 27.8 Å². The molecule has 0 aliphatic carbocycles. The zero-order valence-electron chi connectivity index (χ0n) is 15.3. The maximum Gasteiger partial charge on any atom is 0.306 e. The number of carbonyl (C=O) groups is 3. The number of amides is 2. The van der Waals surface area contributed by atoms with E-state index in [1.807, 2.05) is 13.0 Å². The molecule has 0 fully saturated rings. The first kappa shape index (κ1) is 21.7. The molecule has 0 bridgehead atoms. The minimum atomic E-state index is -0.549. The van der Waals surface area contributed by atoms with Gasteiger partial charge in [0.2, 0.25) is 5.91 Å². The lowest BCUT2D eigenvalue weighted by Gasteiger charge is -2.08. The van der Waals surface area contributed by atoms with Crippen LogP contribution in [0, 0.1) is 6.92 Å². The molecule has 0 radical (unpaired) electrons. The zero-order chi connectivity index (χ0) is 20.5. The first-order valence-electron chi connectivity index (χ1n) is 8.60. The van der Waals surface area contributed by atoms with E-state index in [2.05, 4.69) is 10.6 Å². The van der Waals surface area contributed by atoms with Crippen molar-refractivity contribution in [2.24, 2.45) is 0 Å². The fourth-order valence-corrected chi connectivity index (χ4v) is 2.64. The summed E-state index contributed by atoms with van der Waals surface area (Å²) in [6.45, 7) is 1.47. The standard InChI is InChI=1S/C20H20Cl2N2O4/c1-13-8-9-16(11-17(13)22)23-18(25)6-3-7-20(27)28-12-19(26)24-15-5-2-4-14(21)10-15/h2,4-5,8-11H,3,6-7,12H2,1H3,(H,23,25)(H,24,26). The van der Waals surface area contributed by atoms with E-state index < -0.39 is 18.5 Å². The number of rotatable bonds is 8. The molecule has 0 unspecified atom stereocenters. The SMILES string of the molecule is Cc1ccc(NC(=O)CCCC(=O)OCC(=O)Nc2cccc(Cl)c2)cc1Cl. The van der Waals surface area contributed by atoms with Crippen molar-refractivity contribution in [3.05, 3.63) is 58.1 Å². The van der Waals surface area contributed by atoms with E-state index in [4.69, 9.17) is 27.9 Å². The normalized spacial score (nSPS) is 10.2. The average Bonchev–Trinajstić information content (AvgIpc) is 2.63. The van der Waals surface area contributed by atoms with Crippen LogP contribution in [0.25, 0.3) is 0 Å². The Labute approximate surface area is 173 Å². The van der Waals surface area contributed by atoms with Gasteiger partial charge < -0.3 is 15.4 Å². The third-order valence-corrected chi connectivity index (χ3v) is 4.36. The Morgan fingerprint density at radius 3 is 2.36 bits per heavy atom. The Bertz CT molecular complexity index is 871. The van der Waals surface area contributed by atoms with Gasteiger partial charge >= 0.3 is 5.97 Å². The van der Waals surface area contributed by atoms with E-state index in [0.717, 1.165) is 5.56 Å². The van der Waals surface area contributed by atoms with Crippen molar-refractivity contribution in [1.82, 2.24) is 0 Å². The Hall–Kier alpha value is -2.57. The molecule has 0 spiro atoms. The van der Waals surface area contributed by atoms with Crippen LogP contribution in [0.15, 0.2) is 42.5 Å². The number of anilines is 2. The lowest BCUT2D eigenvalue weighted by molar-refractivity contribution is -0.147. The molecule has 0 aromatic heterocycles. The summed E-state index contributed by atoms with van der Waals surface area (Å²) in [6.07, 6.45) is 0.488. The number of nitrogens with one attached hydrogen (secondary N) is 2. The van der Waals surface area contributed by atoms with Gasteiger partial charge in [-0.15, -0.1) is 0 Å². The van der Waals surface area contributed by atoms with Crippen LogP contribution < -0.4 is 10.6 Å². The summed E-state index contributed by atoms with van der Waals surface area (Å²) in [5.41, 5.74) is 2.03. The number of esters is 1. The van der Waals surface area contributed by atoms with Crippen LogP contribution in [0.1, 0.15) is 24.8 Å². The Morgan fingerprint density at radius 2 is 1.64 bits per heavy atom. The third-order valence-electron chi connectivity index (χ3n) is 3.71. The van der Waals surface area contributed by atoms with Gasteiger partial charge in [-0.1, -0.05) is 35.3 Å². The van der Waals surface area contributed by atoms with Crippen molar-refractivity contribution in [2.75, 3.05) is 17.2 Å². The highest BCUT2D eigenvalue weighted by molar-refractivity contribution is 6.31. The van der Waals surface area contributed by atoms with Crippen LogP contribution in [-0.4, -0.2) is 24.4 Å². The number of aryl methyl sites for hydroxylation is 1. The predicted molar refractivity (Wildman–Crippen MR) is 110 cm³/mol. The van der Waals surface area contributed by atoms with Gasteiger partial charge in [0.05, 0.1) is 0 Å². The second-order valence-corrected chi connectivity index (χ2v) is 6.93. The summed E-state index contributed by atoms with van der Waals surface area (Å²) in [5.74, 6) is -1.25. The summed E-state index contributed by atoms with van der Waals surface area (Å²) < 4.78 is 4.90. The van der Waals surface area contributed by atoms with Crippen LogP contribution in [-0.2, 0) is 19.1 Å². The van der Waals surface area contributed by atoms with Crippen LogP contribution in [0.4, 0.5) is 11.4 Å². The number of halogens is 2. The van der Waals surface area contributed by atoms with Gasteiger partial charge in [-0.3, -0.25) is 14.4 Å². The monoisotopic (exact) mass is 422 g/mol. The van der Waals surface area contributed by atoms with Crippen molar-refractivity contribution >= 4 is 52.4 Å². The van der Waals surface area contributed by atoms with E-state index >= 15 is 0 Å². The molecule has 0 aliphatic heterocycles. The molecule has 2 rings (SSSR count). The number of benzene rings is 2. The van der Waals surface area contributed by atoms with Crippen LogP contribution in [0.5, 0.6) is 0 Å². The van der Waals surface area contributed by atoms with E-state index in [1.165, 1.54) is 0 Å². The van der Waals surface area contributed by atoms with Crippen molar-refractivity contribution in [1.29, 1.82) is 0 Å². The number of carbonyl (C=O) groups excluding carboxylic acids is 3. The van der Waals surface area contributed by atoms with Gasteiger partial charge in [0, 0.05) is 34.3 Å². The van der Waals surface area contributed by atoms with Crippen LogP contribution in [0.2, 0.25) is 10.0 Å². The quantitative estimate of drug-likeness (QED) is 0.609. The highest BCUT2D eigenvalue weighted by Crippen LogP contribution is 2.20. The van der Waals surface area contributed by atoms with Crippen molar-refractivity contribution < 1.29 is 19.1 Å². The summed E-state index contributed by atoms with van der Waals surface area (Å²) in [4.78, 5) is 35.4. The van der Waals surface area contributed by atoms with Crippen molar-refractivity contribution in [3.63, 3.8) is 0 Å². The highest BCUT2D eigenvalue weighted by atomic mass is 35.5. The summed E-state index contributed by atoms with van der Waals surface area (Å²) in [6, 6.07) is 11.9. The third kappa shape index (κ3) is 7.58. The minimum absolute atomic E-state index is 0.0342. The fraction of sp³-hybridized carbons (Fsp3) is 0.250. The molecule has 0 atom stereocenters. The largest absolute Gasteiger partial charge is 0.456 e. The molecular formula is C20H20Cl2N2O4. The van der Waals surface area contributed by atoms with E-state index in [1.54, 1.807) is 36.4 Å². The molecule has 0 saturated carbocycles. The second kappa shape index (κ2) is 10.7. The Balaban J connectivity index is 1.64. The van der Waals surface area contributed by atoms with Crippen LogP contribution in [0.3, 0.4) is 0 Å². The molecule has 148 valence electrons. The molecule has 2 amide bonds. The van der Waals surface area contributed by atoms with Crippen LogP contribution >= 0.6 is 23.2 Å². The molecule has 8 heteroatoms. The number of ether oxygens (including phenoxy) is 1. The lowest BCUT2D eigenvalue weighted by Crippen LogP contribution is -2.21. The molecular weight excluding hydrogens is 403 g/mol. The van der Waals surface area contributed by atoms with Gasteiger partial charge in [0.25, 0.3) is 5.91 Å². The van der Waals surface area contributed by atoms with E-state index in [-0.39, 0.29) is 18.7 Å². The average molecular weight is 423 g/mol. The van der Waals surface area contributed by atoms with Gasteiger partial charge in [-0.25, -0.2) is 0 Å². The summed E-state index contributed by atoms with van der Waals surface area (Å²) in [7, 11) is 0. The molecule has 0 heterocycles. The lowest BCUT2D eigenvalue weighted by atomic mass is 10.2.